The van der Waals surface area contributed by atoms with Crippen LogP contribution in [0.1, 0.15) is 60.8 Å². The molecule has 0 aromatic heterocycles. The second-order valence-corrected chi connectivity index (χ2v) is 12.3. The molecule has 0 spiro atoms. The quantitative estimate of drug-likeness (QED) is 0.156. The van der Waals surface area contributed by atoms with Crippen molar-refractivity contribution in [2.45, 2.75) is 66.9 Å². The number of para-hydroxylation sites is 3. The molecule has 9 nitrogen and oxygen atoms in total. The average molecular weight is 637 g/mol. The third-order valence-corrected chi connectivity index (χ3v) is 8.74. The normalized spacial score (nSPS) is 19.9. The highest BCUT2D eigenvalue weighted by molar-refractivity contribution is 5.90. The van der Waals surface area contributed by atoms with E-state index in [4.69, 9.17) is 28.4 Å². The molecule has 2 aliphatic carbocycles. The Bertz CT molecular complexity index is 1430. The molecule has 0 saturated heterocycles. The number of rotatable bonds is 9. The standard InChI is InChI=1S/C14H22O2.C12H14O4.C11H12O3/c1-9(2)12(15)16-11-8-14(5)7-6-10(11)13(14,3)4;1-8(2)12(13)16-11-9(14-3)6-5-7-10(11)15-4;1-8(2)11(12)14-10-7-5-4-6-9(10)13-3/h10-11H,1,6-8H2,2-5H3;5-7H,1H2,2-4H3;4-7H,1H2,2-3H3. The van der Waals surface area contributed by atoms with E-state index >= 15 is 0 Å². The highest BCUT2D eigenvalue weighted by Crippen LogP contribution is 2.66. The SMILES string of the molecule is C=C(C)C(=O)OC1CC2(C)CCC1C2(C)C.C=C(C)C(=O)Oc1c(OC)cccc1OC.C=C(C)C(=O)Oc1ccccc1OC. The van der Waals surface area contributed by atoms with Gasteiger partial charge in [0.25, 0.3) is 0 Å². The van der Waals surface area contributed by atoms with Crippen LogP contribution in [0.3, 0.4) is 0 Å². The van der Waals surface area contributed by atoms with Crippen molar-refractivity contribution < 1.29 is 42.8 Å². The van der Waals surface area contributed by atoms with Gasteiger partial charge in [-0.3, -0.25) is 0 Å². The Morgan fingerprint density at radius 2 is 1.13 bits per heavy atom. The second-order valence-electron chi connectivity index (χ2n) is 12.3. The van der Waals surface area contributed by atoms with Crippen molar-refractivity contribution >= 4 is 17.9 Å². The summed E-state index contributed by atoms with van der Waals surface area (Å²) in [5.74, 6) is 1.42. The summed E-state index contributed by atoms with van der Waals surface area (Å²) in [5, 5.41) is 0. The van der Waals surface area contributed by atoms with Gasteiger partial charge in [-0.15, -0.1) is 0 Å². The lowest BCUT2D eigenvalue weighted by Gasteiger charge is -2.33. The smallest absolute Gasteiger partial charge is 0.338 e. The van der Waals surface area contributed by atoms with Crippen molar-refractivity contribution in [1.29, 1.82) is 0 Å². The van der Waals surface area contributed by atoms with Gasteiger partial charge in [0.2, 0.25) is 5.75 Å². The summed E-state index contributed by atoms with van der Waals surface area (Å²) in [5.41, 5.74) is 1.82. The van der Waals surface area contributed by atoms with E-state index in [1.165, 1.54) is 34.2 Å². The van der Waals surface area contributed by atoms with Crippen molar-refractivity contribution in [3.8, 4) is 28.7 Å². The number of ether oxygens (including phenoxy) is 6. The van der Waals surface area contributed by atoms with E-state index in [0.717, 1.165) is 6.42 Å². The van der Waals surface area contributed by atoms with Gasteiger partial charge in [0.05, 0.1) is 21.3 Å². The highest BCUT2D eigenvalue weighted by Gasteiger charge is 2.61. The van der Waals surface area contributed by atoms with Gasteiger partial charge in [0.1, 0.15) is 6.10 Å². The number of carbonyl (C=O) groups excluding carboxylic acids is 3. The molecule has 3 atom stereocenters. The predicted molar refractivity (Wildman–Crippen MR) is 177 cm³/mol. The molecule has 0 N–H and O–H groups in total. The van der Waals surface area contributed by atoms with Crippen LogP contribution in [0.2, 0.25) is 0 Å². The molecular weight excluding hydrogens is 588 g/mol. The topological polar surface area (TPSA) is 107 Å². The minimum atomic E-state index is -0.511. The monoisotopic (exact) mass is 636 g/mol. The Balaban J connectivity index is 0.000000241. The van der Waals surface area contributed by atoms with Gasteiger partial charge in [0, 0.05) is 22.6 Å². The van der Waals surface area contributed by atoms with Crippen LogP contribution in [0, 0.1) is 16.7 Å². The number of benzene rings is 2. The molecule has 2 aliphatic rings. The predicted octanol–water partition coefficient (Wildman–Crippen LogP) is 7.68. The van der Waals surface area contributed by atoms with Crippen LogP contribution in [-0.4, -0.2) is 45.3 Å². The fourth-order valence-electron chi connectivity index (χ4n) is 5.56. The lowest BCUT2D eigenvalue weighted by atomic mass is 9.71. The first-order chi connectivity index (χ1) is 21.5. The van der Waals surface area contributed by atoms with Crippen LogP contribution >= 0.6 is 0 Å². The van der Waals surface area contributed by atoms with Crippen LogP contribution in [0.15, 0.2) is 78.9 Å². The zero-order chi connectivity index (χ0) is 34.8. The summed E-state index contributed by atoms with van der Waals surface area (Å²) in [7, 11) is 4.51. The summed E-state index contributed by atoms with van der Waals surface area (Å²) in [6.07, 6.45) is 3.59. The molecule has 2 fully saturated rings. The maximum Gasteiger partial charge on any atom is 0.338 e. The summed E-state index contributed by atoms with van der Waals surface area (Å²) >= 11 is 0. The molecule has 0 aliphatic heterocycles. The number of methoxy groups -OCH3 is 3. The first-order valence-electron chi connectivity index (χ1n) is 15.0. The largest absolute Gasteiger partial charge is 0.493 e. The van der Waals surface area contributed by atoms with Crippen LogP contribution in [0.5, 0.6) is 28.7 Å². The van der Waals surface area contributed by atoms with Gasteiger partial charge in [0.15, 0.2) is 23.0 Å². The molecule has 0 heterocycles. The zero-order valence-electron chi connectivity index (χ0n) is 28.6. The maximum absolute atomic E-state index is 11.6. The van der Waals surface area contributed by atoms with E-state index in [-0.39, 0.29) is 17.8 Å². The summed E-state index contributed by atoms with van der Waals surface area (Å²) in [6.45, 7) is 22.5. The molecule has 3 unspecified atom stereocenters. The first kappa shape index (κ1) is 37.7. The van der Waals surface area contributed by atoms with Crippen molar-refractivity contribution in [3.63, 3.8) is 0 Å². The van der Waals surface area contributed by atoms with Crippen molar-refractivity contribution in [2.24, 2.45) is 16.7 Å². The van der Waals surface area contributed by atoms with Crippen LogP contribution in [0.4, 0.5) is 0 Å². The molecular formula is C37H48O9. The second kappa shape index (κ2) is 16.2. The lowest BCUT2D eigenvalue weighted by molar-refractivity contribution is -0.147. The molecule has 2 bridgehead atoms. The lowest BCUT2D eigenvalue weighted by Crippen LogP contribution is -2.28. The fourth-order valence-corrected chi connectivity index (χ4v) is 5.56. The Kier molecular flexibility index (Phi) is 13.2. The van der Waals surface area contributed by atoms with Gasteiger partial charge < -0.3 is 28.4 Å². The van der Waals surface area contributed by atoms with Gasteiger partial charge in [-0.1, -0.05) is 58.7 Å². The molecule has 4 rings (SSSR count). The van der Waals surface area contributed by atoms with E-state index in [2.05, 4.69) is 40.5 Å². The molecule has 250 valence electrons. The van der Waals surface area contributed by atoms with Crippen molar-refractivity contribution in [2.75, 3.05) is 21.3 Å². The van der Waals surface area contributed by atoms with Gasteiger partial charge in [-0.05, 0) is 75.1 Å². The van der Waals surface area contributed by atoms with Crippen LogP contribution in [-0.2, 0) is 19.1 Å². The number of hydrogen-bond donors (Lipinski definition) is 0. The Morgan fingerprint density at radius 1 is 0.674 bits per heavy atom. The number of esters is 3. The number of carbonyl (C=O) groups is 3. The summed E-state index contributed by atoms with van der Waals surface area (Å²) in [4.78, 5) is 34.2. The van der Waals surface area contributed by atoms with Gasteiger partial charge in [-0.25, -0.2) is 14.4 Å². The fraction of sp³-hybridized carbons (Fsp3) is 0.432. The van der Waals surface area contributed by atoms with E-state index in [1.54, 1.807) is 63.2 Å². The number of fused-ring (bicyclic) bond motifs is 2. The summed E-state index contributed by atoms with van der Waals surface area (Å²) < 4.78 is 30.9. The number of hydrogen-bond acceptors (Lipinski definition) is 9. The summed E-state index contributed by atoms with van der Waals surface area (Å²) in [6, 6.07) is 12.1. The molecule has 2 aromatic carbocycles. The molecule has 46 heavy (non-hydrogen) atoms. The Morgan fingerprint density at radius 3 is 1.54 bits per heavy atom. The average Bonchev–Trinajstić information content (AvgIpc) is 3.35. The third kappa shape index (κ3) is 9.02. The maximum atomic E-state index is 11.6. The van der Waals surface area contributed by atoms with E-state index in [1.807, 2.05) is 0 Å². The molecule has 9 heteroatoms. The van der Waals surface area contributed by atoms with E-state index in [0.29, 0.717) is 56.5 Å². The molecule has 2 saturated carbocycles. The molecule has 0 radical (unpaired) electrons. The minimum Gasteiger partial charge on any atom is -0.493 e. The van der Waals surface area contributed by atoms with Gasteiger partial charge in [-0.2, -0.15) is 0 Å². The Labute approximate surface area is 273 Å². The van der Waals surface area contributed by atoms with Crippen molar-refractivity contribution in [3.05, 3.63) is 78.9 Å². The van der Waals surface area contributed by atoms with Crippen molar-refractivity contribution in [1.82, 2.24) is 0 Å². The zero-order valence-corrected chi connectivity index (χ0v) is 28.6. The molecule has 0 amide bonds. The van der Waals surface area contributed by atoms with Crippen LogP contribution < -0.4 is 23.7 Å². The van der Waals surface area contributed by atoms with E-state index < -0.39 is 11.9 Å². The third-order valence-electron chi connectivity index (χ3n) is 8.74. The molecule has 2 aromatic rings. The Hall–Kier alpha value is -4.53. The first-order valence-corrected chi connectivity index (χ1v) is 15.0. The highest BCUT2D eigenvalue weighted by atomic mass is 16.6. The van der Waals surface area contributed by atoms with E-state index in [9.17, 15) is 14.4 Å². The minimum absolute atomic E-state index is 0.109. The van der Waals surface area contributed by atoms with Gasteiger partial charge >= 0.3 is 17.9 Å². The van der Waals surface area contributed by atoms with Crippen LogP contribution in [0.25, 0.3) is 0 Å².